The van der Waals surface area contributed by atoms with Crippen LogP contribution in [0.15, 0.2) is 65.7 Å². The van der Waals surface area contributed by atoms with Gasteiger partial charge in [0.05, 0.1) is 22.7 Å². The van der Waals surface area contributed by atoms with Gasteiger partial charge >= 0.3 is 6.18 Å². The molecule has 0 bridgehead atoms. The average Bonchev–Trinajstić information content (AvgIpc) is 3.05. The number of aryl methyl sites for hydroxylation is 1. The Balaban J connectivity index is 1.71. The molecule has 4 rings (SSSR count). The third kappa shape index (κ3) is 7.31. The Morgan fingerprint density at radius 2 is 1.87 bits per heavy atom. The van der Waals surface area contributed by atoms with Crippen LogP contribution in [0, 0.1) is 12.8 Å². The minimum absolute atomic E-state index is 0.0222. The van der Waals surface area contributed by atoms with Crippen molar-refractivity contribution < 1.29 is 17.4 Å². The molecule has 39 heavy (non-hydrogen) atoms. The Morgan fingerprint density at radius 3 is 2.54 bits per heavy atom. The minimum Gasteiger partial charge on any atom is -0.361 e. The van der Waals surface area contributed by atoms with Crippen LogP contribution in [0.5, 0.6) is 0 Å². The van der Waals surface area contributed by atoms with Crippen LogP contribution in [-0.2, 0) is 30.3 Å². The quantitative estimate of drug-likeness (QED) is 0.291. The van der Waals surface area contributed by atoms with E-state index >= 15 is 0 Å². The molecule has 0 fully saturated rings. The van der Waals surface area contributed by atoms with E-state index in [0.717, 1.165) is 60.3 Å². The fourth-order valence-corrected chi connectivity index (χ4v) is 6.52. The van der Waals surface area contributed by atoms with Crippen LogP contribution < -0.4 is 10.4 Å². The molecule has 0 N–H and O–H groups in total. The first-order valence-electron chi connectivity index (χ1n) is 13.5. The van der Waals surface area contributed by atoms with Gasteiger partial charge in [-0.2, -0.15) is 13.2 Å². The lowest BCUT2D eigenvalue weighted by Gasteiger charge is -2.35. The van der Waals surface area contributed by atoms with Crippen LogP contribution in [0.4, 0.5) is 18.9 Å². The Morgan fingerprint density at radius 1 is 1.13 bits per heavy atom. The molecule has 1 aliphatic rings. The van der Waals surface area contributed by atoms with Crippen LogP contribution in [0.3, 0.4) is 0 Å². The number of benzene rings is 2. The number of halogens is 3. The first-order chi connectivity index (χ1) is 18.6. The number of hydrogen-bond donors (Lipinski definition) is 0. The molecule has 0 spiro atoms. The first-order valence-corrected chi connectivity index (χ1v) is 14.6. The largest absolute Gasteiger partial charge is 0.416 e. The lowest BCUT2D eigenvalue weighted by Crippen LogP contribution is -2.42. The number of pyridine rings is 1. The molecule has 9 heteroatoms. The van der Waals surface area contributed by atoms with Gasteiger partial charge in [0.15, 0.2) is 0 Å². The molecular weight excluding hydrogens is 518 g/mol. The van der Waals surface area contributed by atoms with Crippen LogP contribution in [0.2, 0.25) is 0 Å². The zero-order valence-corrected chi connectivity index (χ0v) is 23.6. The highest BCUT2D eigenvalue weighted by Crippen LogP contribution is 2.35. The lowest BCUT2D eigenvalue weighted by molar-refractivity contribution is -0.137. The summed E-state index contributed by atoms with van der Waals surface area (Å²) in [7, 11) is 4.43. The van der Waals surface area contributed by atoms with E-state index in [0.29, 0.717) is 35.9 Å². The van der Waals surface area contributed by atoms with Gasteiger partial charge in [-0.25, -0.2) is 8.51 Å². The van der Waals surface area contributed by atoms with E-state index in [-0.39, 0.29) is 6.04 Å². The maximum absolute atomic E-state index is 13.8. The predicted molar refractivity (Wildman–Crippen MR) is 152 cm³/mol. The summed E-state index contributed by atoms with van der Waals surface area (Å²) in [5, 5.41) is 0. The van der Waals surface area contributed by atoms with Gasteiger partial charge in [-0.05, 0) is 73.2 Å². The van der Waals surface area contributed by atoms with Crippen molar-refractivity contribution in [2.75, 3.05) is 11.4 Å². The number of alkyl halides is 3. The standard InChI is InChI=1S/C30H35BF3N3OS/c1-4-6-21(2)9-12-26-19-36(39(38)27-13-10-23(11-14-27)30(32,33)34)20-28-22(3)7-5-8-29(28)37(26)18-25-17-24(31)15-16-35-25/h5,7-8,10-11,13-17,21,26H,4,6,9,12,18-20H2,1-3H3. The van der Waals surface area contributed by atoms with Gasteiger partial charge in [0, 0.05) is 31.0 Å². The van der Waals surface area contributed by atoms with E-state index in [1.807, 2.05) is 29.4 Å². The van der Waals surface area contributed by atoms with Crippen LogP contribution in [0.25, 0.3) is 0 Å². The van der Waals surface area contributed by atoms with Gasteiger partial charge in [0.2, 0.25) is 0 Å². The molecule has 1 aromatic heterocycles. The second kappa shape index (κ2) is 12.7. The van der Waals surface area contributed by atoms with Gasteiger partial charge in [-0.1, -0.05) is 50.4 Å². The summed E-state index contributed by atoms with van der Waals surface area (Å²) in [6.45, 7) is 7.97. The molecule has 3 aromatic rings. The van der Waals surface area contributed by atoms with Gasteiger partial charge in [-0.3, -0.25) is 4.98 Å². The van der Waals surface area contributed by atoms with E-state index in [2.05, 4.69) is 29.8 Å². The second-order valence-corrected chi connectivity index (χ2v) is 12.0. The molecule has 2 heterocycles. The van der Waals surface area contributed by atoms with Crippen molar-refractivity contribution in [2.24, 2.45) is 5.92 Å². The maximum Gasteiger partial charge on any atom is 0.416 e. The molecular formula is C30H35BF3N3OS. The minimum atomic E-state index is -4.44. The van der Waals surface area contributed by atoms with Gasteiger partial charge in [-0.15, -0.1) is 0 Å². The highest BCUT2D eigenvalue weighted by molar-refractivity contribution is 7.82. The first kappa shape index (κ1) is 29.3. The van der Waals surface area contributed by atoms with E-state index < -0.39 is 22.7 Å². The third-order valence-electron chi connectivity index (χ3n) is 7.45. The zero-order chi connectivity index (χ0) is 28.2. The van der Waals surface area contributed by atoms with Crippen molar-refractivity contribution in [1.29, 1.82) is 0 Å². The predicted octanol–water partition coefficient (Wildman–Crippen LogP) is 6.33. The fraction of sp³-hybridized carbons (Fsp3) is 0.433. The molecule has 2 aromatic carbocycles. The molecule has 2 radical (unpaired) electrons. The van der Waals surface area contributed by atoms with Crippen molar-refractivity contribution in [3.05, 3.63) is 83.2 Å². The molecule has 3 atom stereocenters. The number of rotatable bonds is 9. The summed E-state index contributed by atoms with van der Waals surface area (Å²) in [6.07, 6.45) is 1.44. The summed E-state index contributed by atoms with van der Waals surface area (Å²) in [6, 6.07) is 14.5. The number of aromatic nitrogens is 1. The van der Waals surface area contributed by atoms with Crippen molar-refractivity contribution in [3.8, 4) is 0 Å². The Kier molecular flexibility index (Phi) is 9.54. The van der Waals surface area contributed by atoms with Crippen molar-refractivity contribution in [2.45, 2.75) is 76.7 Å². The van der Waals surface area contributed by atoms with Gasteiger partial charge in [0.1, 0.15) is 18.8 Å². The van der Waals surface area contributed by atoms with Gasteiger partial charge in [0.25, 0.3) is 0 Å². The zero-order valence-electron chi connectivity index (χ0n) is 22.7. The van der Waals surface area contributed by atoms with Gasteiger partial charge < -0.3 is 4.90 Å². The Hall–Kier alpha value is -2.65. The molecule has 1 aliphatic heterocycles. The van der Waals surface area contributed by atoms with Crippen molar-refractivity contribution in [3.63, 3.8) is 0 Å². The topological polar surface area (TPSA) is 36.4 Å². The number of anilines is 1. The molecule has 0 saturated heterocycles. The average molecular weight is 554 g/mol. The third-order valence-corrected chi connectivity index (χ3v) is 8.87. The smallest absolute Gasteiger partial charge is 0.361 e. The lowest BCUT2D eigenvalue weighted by atomic mass is 9.95. The van der Waals surface area contributed by atoms with E-state index in [4.69, 9.17) is 7.85 Å². The van der Waals surface area contributed by atoms with Crippen LogP contribution in [-0.4, -0.2) is 33.9 Å². The normalized spacial score (nSPS) is 17.9. The molecule has 4 nitrogen and oxygen atoms in total. The highest BCUT2D eigenvalue weighted by Gasteiger charge is 2.33. The molecule has 206 valence electrons. The summed E-state index contributed by atoms with van der Waals surface area (Å²) in [5.41, 5.74) is 3.96. The molecule has 3 unspecified atom stereocenters. The van der Waals surface area contributed by atoms with Crippen LogP contribution in [0.1, 0.15) is 61.9 Å². The monoisotopic (exact) mass is 553 g/mol. The second-order valence-electron chi connectivity index (χ2n) is 10.5. The number of fused-ring (bicyclic) bond motifs is 1. The summed E-state index contributed by atoms with van der Waals surface area (Å²) < 4.78 is 55.1. The van der Waals surface area contributed by atoms with Crippen molar-refractivity contribution in [1.82, 2.24) is 9.29 Å². The number of nitrogens with zero attached hydrogens (tertiary/aromatic N) is 3. The highest BCUT2D eigenvalue weighted by atomic mass is 32.2. The Labute approximate surface area is 233 Å². The summed E-state index contributed by atoms with van der Waals surface area (Å²) >= 11 is 0. The summed E-state index contributed by atoms with van der Waals surface area (Å²) in [5.74, 6) is 0.552. The van der Waals surface area contributed by atoms with Crippen LogP contribution >= 0.6 is 0 Å². The SMILES string of the molecule is [B]c1ccnc(CN2c3cccc(C)c3CN(S(=O)c3ccc(C(F)(F)F)cc3)CC2CCC(C)CCC)c1. The van der Waals surface area contributed by atoms with E-state index in [9.17, 15) is 17.4 Å². The number of hydrogen-bond acceptors (Lipinski definition) is 3. The van der Waals surface area contributed by atoms with E-state index in [1.165, 1.54) is 12.1 Å². The summed E-state index contributed by atoms with van der Waals surface area (Å²) in [4.78, 5) is 7.28. The Bertz CT molecular complexity index is 1290. The fourth-order valence-electron chi connectivity index (χ4n) is 5.30. The van der Waals surface area contributed by atoms with E-state index in [1.54, 1.807) is 12.3 Å². The van der Waals surface area contributed by atoms with Crippen molar-refractivity contribution >= 4 is 30.0 Å². The molecule has 0 saturated carbocycles. The molecule has 0 aliphatic carbocycles. The maximum atomic E-state index is 13.8. The molecule has 0 amide bonds.